The Bertz CT molecular complexity index is 753. The van der Waals surface area contributed by atoms with Crippen LogP contribution in [0.1, 0.15) is 33.5 Å². The van der Waals surface area contributed by atoms with Crippen LogP contribution in [0.5, 0.6) is 5.75 Å². The minimum atomic E-state index is -1.20. The number of carbonyl (C=O) groups is 2. The van der Waals surface area contributed by atoms with E-state index >= 15 is 0 Å². The molecule has 0 bridgehead atoms. The van der Waals surface area contributed by atoms with E-state index in [0.717, 1.165) is 11.6 Å². The number of rotatable bonds is 5. The monoisotopic (exact) mass is 313 g/mol. The minimum absolute atomic E-state index is 0.135. The minimum Gasteiger partial charge on any atom is -0.508 e. The summed E-state index contributed by atoms with van der Waals surface area (Å²) in [5.41, 5.74) is 3.49. The van der Waals surface area contributed by atoms with Crippen molar-refractivity contribution in [3.8, 4) is 5.75 Å². The summed E-state index contributed by atoms with van der Waals surface area (Å²) in [5, 5.41) is 21.0. The normalized spacial score (nSPS) is 10.3. The Morgan fingerprint density at radius 3 is 2.43 bits per heavy atom. The standard InChI is InChI=1S/C18H19NO4/c1-11-3-4-13(9-12(11)2)5-8-17(21)19-16-7-6-14(20)10-15(16)18(22)23/h3-4,6-7,9-10,20H,5,8H2,1-2H3,(H,19,21)(H,22,23). The largest absolute Gasteiger partial charge is 0.508 e. The van der Waals surface area contributed by atoms with Gasteiger partial charge in [-0.15, -0.1) is 0 Å². The Balaban J connectivity index is 2.02. The molecule has 0 aromatic heterocycles. The van der Waals surface area contributed by atoms with E-state index in [1.807, 2.05) is 32.0 Å². The van der Waals surface area contributed by atoms with Crippen LogP contribution in [0.4, 0.5) is 5.69 Å². The zero-order valence-electron chi connectivity index (χ0n) is 13.1. The molecule has 0 spiro atoms. The summed E-state index contributed by atoms with van der Waals surface area (Å²) in [4.78, 5) is 23.2. The van der Waals surface area contributed by atoms with Gasteiger partial charge >= 0.3 is 5.97 Å². The van der Waals surface area contributed by atoms with E-state index in [4.69, 9.17) is 5.11 Å². The van der Waals surface area contributed by atoms with E-state index in [0.29, 0.717) is 6.42 Å². The number of anilines is 1. The number of phenols is 1. The van der Waals surface area contributed by atoms with Crippen LogP contribution < -0.4 is 5.32 Å². The topological polar surface area (TPSA) is 86.6 Å². The first-order valence-corrected chi connectivity index (χ1v) is 7.29. The van der Waals surface area contributed by atoms with Gasteiger partial charge in [-0.1, -0.05) is 18.2 Å². The summed E-state index contributed by atoms with van der Waals surface area (Å²) in [6.45, 7) is 4.05. The van der Waals surface area contributed by atoms with Crippen molar-refractivity contribution in [3.63, 3.8) is 0 Å². The van der Waals surface area contributed by atoms with Crippen LogP contribution >= 0.6 is 0 Å². The zero-order valence-corrected chi connectivity index (χ0v) is 13.1. The van der Waals surface area contributed by atoms with Crippen molar-refractivity contribution in [1.29, 1.82) is 0 Å². The maximum atomic E-state index is 12.0. The number of amides is 1. The predicted octanol–water partition coefficient (Wildman–Crippen LogP) is 3.28. The third-order valence-corrected chi connectivity index (χ3v) is 3.72. The smallest absolute Gasteiger partial charge is 0.337 e. The zero-order chi connectivity index (χ0) is 17.0. The first kappa shape index (κ1) is 16.5. The fourth-order valence-electron chi connectivity index (χ4n) is 2.25. The fraction of sp³-hybridized carbons (Fsp3) is 0.222. The molecule has 0 unspecified atom stereocenters. The Kier molecular flexibility index (Phi) is 5.01. The lowest BCUT2D eigenvalue weighted by Crippen LogP contribution is -2.15. The number of benzene rings is 2. The lowest BCUT2D eigenvalue weighted by atomic mass is 10.0. The molecule has 0 radical (unpaired) electrons. The molecule has 0 saturated heterocycles. The van der Waals surface area contributed by atoms with Gasteiger partial charge in [0, 0.05) is 6.42 Å². The van der Waals surface area contributed by atoms with Crippen LogP contribution in [0, 0.1) is 13.8 Å². The molecule has 3 N–H and O–H groups in total. The highest BCUT2D eigenvalue weighted by Crippen LogP contribution is 2.21. The number of aromatic carboxylic acids is 1. The summed E-state index contributed by atoms with van der Waals surface area (Å²) >= 11 is 0. The number of aromatic hydroxyl groups is 1. The second-order valence-corrected chi connectivity index (χ2v) is 5.50. The molecule has 0 aliphatic heterocycles. The lowest BCUT2D eigenvalue weighted by molar-refractivity contribution is -0.116. The van der Waals surface area contributed by atoms with Crippen molar-refractivity contribution in [2.45, 2.75) is 26.7 Å². The number of hydrogen-bond donors (Lipinski definition) is 3. The highest BCUT2D eigenvalue weighted by molar-refractivity contribution is 6.00. The molecule has 23 heavy (non-hydrogen) atoms. The number of carbonyl (C=O) groups excluding carboxylic acids is 1. The third-order valence-electron chi connectivity index (χ3n) is 3.72. The molecule has 5 heteroatoms. The molecule has 120 valence electrons. The summed E-state index contributed by atoms with van der Waals surface area (Å²) in [6.07, 6.45) is 0.829. The van der Waals surface area contributed by atoms with Gasteiger partial charge in [-0.05, 0) is 55.2 Å². The Labute approximate surface area is 134 Å². The SMILES string of the molecule is Cc1ccc(CCC(=O)Nc2ccc(O)cc2C(=O)O)cc1C. The van der Waals surface area contributed by atoms with Gasteiger partial charge < -0.3 is 15.5 Å². The molecule has 2 aromatic carbocycles. The Morgan fingerprint density at radius 2 is 1.78 bits per heavy atom. The van der Waals surface area contributed by atoms with Gasteiger partial charge in [-0.25, -0.2) is 4.79 Å². The fourth-order valence-corrected chi connectivity index (χ4v) is 2.25. The quantitative estimate of drug-likeness (QED) is 0.739. The van der Waals surface area contributed by atoms with Gasteiger partial charge in [-0.3, -0.25) is 4.79 Å². The molecule has 0 heterocycles. The number of phenolic OH excluding ortho intramolecular Hbond substituents is 1. The van der Waals surface area contributed by atoms with Crippen molar-refractivity contribution in [2.24, 2.45) is 0 Å². The summed E-state index contributed by atoms with van der Waals surface area (Å²) in [7, 11) is 0. The highest BCUT2D eigenvalue weighted by Gasteiger charge is 2.13. The van der Waals surface area contributed by atoms with E-state index in [1.165, 1.54) is 23.3 Å². The van der Waals surface area contributed by atoms with Crippen LogP contribution in [0.3, 0.4) is 0 Å². The third kappa shape index (κ3) is 4.32. The maximum Gasteiger partial charge on any atom is 0.337 e. The second-order valence-electron chi connectivity index (χ2n) is 5.50. The van der Waals surface area contributed by atoms with Crippen molar-refractivity contribution in [2.75, 3.05) is 5.32 Å². The van der Waals surface area contributed by atoms with Crippen LogP contribution in [-0.4, -0.2) is 22.1 Å². The second kappa shape index (κ2) is 6.96. The number of carboxylic acid groups (broad SMARTS) is 1. The predicted molar refractivity (Wildman–Crippen MR) is 87.9 cm³/mol. The van der Waals surface area contributed by atoms with Gasteiger partial charge in [0.25, 0.3) is 0 Å². The van der Waals surface area contributed by atoms with Crippen molar-refractivity contribution in [1.82, 2.24) is 0 Å². The van der Waals surface area contributed by atoms with Crippen molar-refractivity contribution >= 4 is 17.6 Å². The number of nitrogens with one attached hydrogen (secondary N) is 1. The molecule has 0 fully saturated rings. The number of carboxylic acids is 1. The van der Waals surface area contributed by atoms with Crippen LogP contribution in [0.25, 0.3) is 0 Å². The molecule has 1 amide bonds. The van der Waals surface area contributed by atoms with E-state index in [1.54, 1.807) is 0 Å². The van der Waals surface area contributed by atoms with Crippen LogP contribution in [0.2, 0.25) is 0 Å². The van der Waals surface area contributed by atoms with Gasteiger partial charge in [-0.2, -0.15) is 0 Å². The number of aryl methyl sites for hydroxylation is 3. The van der Waals surface area contributed by atoms with Gasteiger partial charge in [0.1, 0.15) is 5.75 Å². The van der Waals surface area contributed by atoms with Gasteiger partial charge in [0.2, 0.25) is 5.91 Å². The maximum absolute atomic E-state index is 12.0. The van der Waals surface area contributed by atoms with E-state index in [2.05, 4.69) is 5.32 Å². The molecule has 2 aromatic rings. The molecule has 0 atom stereocenters. The Morgan fingerprint density at radius 1 is 1.04 bits per heavy atom. The molecule has 0 saturated carbocycles. The molecule has 0 aliphatic carbocycles. The van der Waals surface area contributed by atoms with E-state index in [-0.39, 0.29) is 29.3 Å². The first-order chi connectivity index (χ1) is 10.9. The Hall–Kier alpha value is -2.82. The summed E-state index contributed by atoms with van der Waals surface area (Å²) < 4.78 is 0. The molecule has 0 aliphatic rings. The molecular formula is C18H19NO4. The van der Waals surface area contributed by atoms with E-state index in [9.17, 15) is 14.7 Å². The first-order valence-electron chi connectivity index (χ1n) is 7.29. The average molecular weight is 313 g/mol. The van der Waals surface area contributed by atoms with E-state index < -0.39 is 5.97 Å². The molecular weight excluding hydrogens is 294 g/mol. The highest BCUT2D eigenvalue weighted by atomic mass is 16.4. The summed E-state index contributed by atoms with van der Waals surface area (Å²) in [6, 6.07) is 9.88. The molecule has 2 rings (SSSR count). The molecule has 5 nitrogen and oxygen atoms in total. The van der Waals surface area contributed by atoms with Gasteiger partial charge in [0.05, 0.1) is 11.3 Å². The summed E-state index contributed by atoms with van der Waals surface area (Å²) in [5.74, 6) is -1.63. The van der Waals surface area contributed by atoms with Crippen molar-refractivity contribution < 1.29 is 19.8 Å². The number of hydrogen-bond acceptors (Lipinski definition) is 3. The van der Waals surface area contributed by atoms with Crippen LogP contribution in [0.15, 0.2) is 36.4 Å². The van der Waals surface area contributed by atoms with Crippen LogP contribution in [-0.2, 0) is 11.2 Å². The van der Waals surface area contributed by atoms with Gasteiger partial charge in [0.15, 0.2) is 0 Å². The lowest BCUT2D eigenvalue weighted by Gasteiger charge is -2.09. The average Bonchev–Trinajstić information content (AvgIpc) is 2.50. The van der Waals surface area contributed by atoms with Crippen molar-refractivity contribution in [3.05, 3.63) is 58.7 Å².